The van der Waals surface area contributed by atoms with Gasteiger partial charge in [0.15, 0.2) is 5.65 Å². The van der Waals surface area contributed by atoms with E-state index in [1.807, 2.05) is 37.3 Å². The molecule has 0 spiro atoms. The van der Waals surface area contributed by atoms with Crippen LogP contribution in [0.5, 0.6) is 0 Å². The van der Waals surface area contributed by atoms with E-state index in [1.165, 1.54) is 5.56 Å². The fourth-order valence-electron chi connectivity index (χ4n) is 2.66. The summed E-state index contributed by atoms with van der Waals surface area (Å²) in [6.45, 7) is 8.81. The third-order valence-electron chi connectivity index (χ3n) is 3.90. The Morgan fingerprint density at radius 3 is 2.71 bits per heavy atom. The molecule has 0 atom stereocenters. The van der Waals surface area contributed by atoms with Crippen LogP contribution in [0.15, 0.2) is 42.6 Å². The number of rotatable bonds is 3. The van der Waals surface area contributed by atoms with E-state index in [2.05, 4.69) is 42.2 Å². The molecule has 1 amide bonds. The maximum atomic E-state index is 12.5. The van der Waals surface area contributed by atoms with Gasteiger partial charge in [0.2, 0.25) is 0 Å². The third kappa shape index (κ3) is 3.30. The molecular weight excluding hydrogens is 300 g/mol. The lowest BCUT2D eigenvalue weighted by atomic mass is 9.91. The molecule has 0 fully saturated rings. The van der Waals surface area contributed by atoms with E-state index in [9.17, 15) is 4.79 Å². The van der Waals surface area contributed by atoms with Crippen LogP contribution >= 0.6 is 0 Å². The minimum Gasteiger partial charge on any atom is -0.347 e. The van der Waals surface area contributed by atoms with Gasteiger partial charge >= 0.3 is 0 Å². The highest BCUT2D eigenvalue weighted by atomic mass is 16.1. The molecule has 0 aliphatic rings. The third-order valence-corrected chi connectivity index (χ3v) is 3.90. The fourth-order valence-corrected chi connectivity index (χ4v) is 2.66. The van der Waals surface area contributed by atoms with Crippen molar-refractivity contribution in [2.45, 2.75) is 39.7 Å². The molecule has 24 heavy (non-hydrogen) atoms. The number of carbonyl (C=O) groups is 1. The van der Waals surface area contributed by atoms with Crippen molar-refractivity contribution in [2.24, 2.45) is 0 Å². The number of nitrogens with zero attached hydrogens (tertiary/aromatic N) is 3. The van der Waals surface area contributed by atoms with Gasteiger partial charge in [0, 0.05) is 18.0 Å². The number of amides is 1. The number of hydrogen-bond acceptors (Lipinski definition) is 3. The van der Waals surface area contributed by atoms with E-state index in [0.717, 1.165) is 11.3 Å². The molecular formula is C19H22N4O. The first-order valence-corrected chi connectivity index (χ1v) is 8.03. The zero-order valence-corrected chi connectivity index (χ0v) is 14.5. The molecule has 2 heterocycles. The van der Waals surface area contributed by atoms with E-state index in [1.54, 1.807) is 10.7 Å². The van der Waals surface area contributed by atoms with Gasteiger partial charge in [-0.25, -0.2) is 9.50 Å². The number of hydrogen-bond donors (Lipinski definition) is 1. The largest absolute Gasteiger partial charge is 0.347 e. The van der Waals surface area contributed by atoms with Crippen LogP contribution in [0.25, 0.3) is 5.65 Å². The first kappa shape index (κ1) is 16.2. The quantitative estimate of drug-likeness (QED) is 0.805. The molecule has 124 valence electrons. The molecule has 0 radical (unpaired) electrons. The summed E-state index contributed by atoms with van der Waals surface area (Å²) in [6, 6.07) is 11.7. The lowest BCUT2D eigenvalue weighted by Gasteiger charge is -2.20. The Morgan fingerprint density at radius 1 is 1.21 bits per heavy atom. The van der Waals surface area contributed by atoms with Crippen LogP contribution in [0.1, 0.15) is 48.1 Å². The highest BCUT2D eigenvalue weighted by Gasteiger charge is 2.21. The minimum atomic E-state index is -0.175. The molecule has 5 nitrogen and oxygen atoms in total. The van der Waals surface area contributed by atoms with Gasteiger partial charge in [0.25, 0.3) is 5.91 Å². The van der Waals surface area contributed by atoms with Crippen LogP contribution < -0.4 is 5.32 Å². The van der Waals surface area contributed by atoms with E-state index < -0.39 is 0 Å². The van der Waals surface area contributed by atoms with Crippen molar-refractivity contribution in [3.8, 4) is 0 Å². The second-order valence-electron chi connectivity index (χ2n) is 7.05. The molecule has 3 rings (SSSR count). The zero-order chi connectivity index (χ0) is 17.3. The lowest BCUT2D eigenvalue weighted by molar-refractivity contribution is 0.0946. The van der Waals surface area contributed by atoms with Crippen molar-refractivity contribution in [1.29, 1.82) is 0 Å². The highest BCUT2D eigenvalue weighted by molar-refractivity contribution is 5.92. The van der Waals surface area contributed by atoms with Gasteiger partial charge in [0.05, 0.1) is 11.9 Å². The highest BCUT2D eigenvalue weighted by Crippen LogP contribution is 2.23. The maximum Gasteiger partial charge on any atom is 0.270 e. The van der Waals surface area contributed by atoms with Crippen molar-refractivity contribution < 1.29 is 4.79 Å². The summed E-state index contributed by atoms with van der Waals surface area (Å²) >= 11 is 0. The summed E-state index contributed by atoms with van der Waals surface area (Å²) in [5.41, 5.74) is 4.17. The van der Waals surface area contributed by atoms with Crippen LogP contribution in [0.3, 0.4) is 0 Å². The van der Waals surface area contributed by atoms with Crippen LogP contribution in [0.4, 0.5) is 0 Å². The first-order chi connectivity index (χ1) is 11.3. The Morgan fingerprint density at radius 2 is 2.00 bits per heavy atom. The van der Waals surface area contributed by atoms with E-state index in [-0.39, 0.29) is 11.3 Å². The Labute approximate surface area is 141 Å². The normalized spacial score (nSPS) is 11.7. The average molecular weight is 322 g/mol. The van der Waals surface area contributed by atoms with E-state index in [0.29, 0.717) is 17.9 Å². The first-order valence-electron chi connectivity index (χ1n) is 8.03. The number of fused-ring (bicyclic) bond motifs is 1. The lowest BCUT2D eigenvalue weighted by Crippen LogP contribution is -2.26. The van der Waals surface area contributed by atoms with Crippen molar-refractivity contribution in [3.05, 3.63) is 65.1 Å². The molecule has 0 saturated carbocycles. The number of nitrogens with one attached hydrogen (secondary N) is 1. The molecule has 0 unspecified atom stereocenters. The van der Waals surface area contributed by atoms with Crippen molar-refractivity contribution >= 4 is 11.6 Å². The van der Waals surface area contributed by atoms with Gasteiger partial charge in [-0.1, -0.05) is 50.6 Å². The number of aryl methyl sites for hydroxylation is 1. The summed E-state index contributed by atoms with van der Waals surface area (Å²) in [5, 5.41) is 7.26. The summed E-state index contributed by atoms with van der Waals surface area (Å²) in [4.78, 5) is 17.0. The van der Waals surface area contributed by atoms with Crippen LogP contribution in [-0.4, -0.2) is 20.5 Å². The molecule has 5 heteroatoms. The van der Waals surface area contributed by atoms with Crippen LogP contribution in [0.2, 0.25) is 0 Å². The topological polar surface area (TPSA) is 59.3 Å². The summed E-state index contributed by atoms with van der Waals surface area (Å²) in [5.74, 6) is -0.175. The zero-order valence-electron chi connectivity index (χ0n) is 14.5. The molecule has 3 aromatic rings. The summed E-state index contributed by atoms with van der Waals surface area (Å²) < 4.78 is 1.79. The van der Waals surface area contributed by atoms with Gasteiger partial charge in [0.1, 0.15) is 5.69 Å². The van der Waals surface area contributed by atoms with Gasteiger partial charge in [-0.15, -0.1) is 0 Å². The molecule has 0 aliphatic carbocycles. The van der Waals surface area contributed by atoms with Gasteiger partial charge in [-0.05, 0) is 18.6 Å². The van der Waals surface area contributed by atoms with E-state index in [4.69, 9.17) is 0 Å². The predicted octanol–water partition coefficient (Wildman–Crippen LogP) is 3.27. The molecule has 1 N–H and O–H groups in total. The Hall–Kier alpha value is -2.69. The van der Waals surface area contributed by atoms with Crippen molar-refractivity contribution in [1.82, 2.24) is 19.9 Å². The van der Waals surface area contributed by atoms with Crippen molar-refractivity contribution in [2.75, 3.05) is 0 Å². The van der Waals surface area contributed by atoms with Gasteiger partial charge in [-0.3, -0.25) is 4.79 Å². The Balaban J connectivity index is 1.87. The molecule has 0 saturated heterocycles. The molecule has 0 bridgehead atoms. The number of benzene rings is 1. The maximum absolute atomic E-state index is 12.5. The predicted molar refractivity (Wildman–Crippen MR) is 94.0 cm³/mol. The number of aromatic nitrogens is 3. The number of carbonyl (C=O) groups excluding carboxylic acids is 1. The van der Waals surface area contributed by atoms with Crippen LogP contribution in [-0.2, 0) is 12.0 Å². The summed E-state index contributed by atoms with van der Waals surface area (Å²) in [6.07, 6.45) is 1.70. The molecule has 2 aromatic heterocycles. The fraction of sp³-hybridized carbons (Fsp3) is 0.316. The average Bonchev–Trinajstić information content (AvgIpc) is 2.99. The standard InChI is InChI=1S/C19H22N4O/c1-13-6-5-7-14(10-13)12-20-18(24)15-11-16(19(2,3)4)23-17(22-15)8-9-21-23/h5-11H,12H2,1-4H3,(H,20,24). The Bertz CT molecular complexity index is 890. The molecule has 0 aliphatic heterocycles. The smallest absolute Gasteiger partial charge is 0.270 e. The van der Waals surface area contributed by atoms with Gasteiger partial charge in [-0.2, -0.15) is 5.10 Å². The summed E-state index contributed by atoms with van der Waals surface area (Å²) in [7, 11) is 0. The minimum absolute atomic E-state index is 0.140. The SMILES string of the molecule is Cc1cccc(CNC(=O)c2cc(C(C)(C)C)n3nccc3n2)c1. The van der Waals surface area contributed by atoms with Crippen LogP contribution in [0, 0.1) is 6.92 Å². The Kier molecular flexibility index (Phi) is 4.09. The van der Waals surface area contributed by atoms with E-state index >= 15 is 0 Å². The van der Waals surface area contributed by atoms with Crippen molar-refractivity contribution in [3.63, 3.8) is 0 Å². The second kappa shape index (κ2) is 6.07. The van der Waals surface area contributed by atoms with Gasteiger partial charge < -0.3 is 5.32 Å². The second-order valence-corrected chi connectivity index (χ2v) is 7.05. The monoisotopic (exact) mass is 322 g/mol. The molecule has 1 aromatic carbocycles.